The molecule has 88 valence electrons. The van der Waals surface area contributed by atoms with Gasteiger partial charge >= 0.3 is 0 Å². The number of nitrogens with one attached hydrogen (secondary N) is 2. The Morgan fingerprint density at radius 2 is 1.94 bits per heavy atom. The zero-order chi connectivity index (χ0) is 12.3. The van der Waals surface area contributed by atoms with Crippen LogP contribution in [0.5, 0.6) is 0 Å². The molecule has 2 N–H and O–H groups in total. The monoisotopic (exact) mass is 228 g/mol. The van der Waals surface area contributed by atoms with Crippen LogP contribution in [0.3, 0.4) is 0 Å². The number of aryl methyl sites for hydroxylation is 1. The lowest BCUT2D eigenvalue weighted by molar-refractivity contribution is 1.15. The van der Waals surface area contributed by atoms with Gasteiger partial charge in [0.2, 0.25) is 5.95 Å². The number of hydrogen-bond donors (Lipinski definition) is 2. The second-order valence-corrected chi connectivity index (χ2v) is 3.89. The van der Waals surface area contributed by atoms with Gasteiger partial charge in [-0.25, -0.2) is 4.98 Å². The number of nitrogens with zero attached hydrogens (tertiary/aromatic N) is 2. The van der Waals surface area contributed by atoms with E-state index in [1.54, 1.807) is 13.2 Å². The molecule has 1 aromatic heterocycles. The summed E-state index contributed by atoms with van der Waals surface area (Å²) in [7, 11) is 1.80. The molecular formula is C13H16N4. The lowest BCUT2D eigenvalue weighted by Gasteiger charge is -2.11. The summed E-state index contributed by atoms with van der Waals surface area (Å²) in [5.74, 6) is 1.40. The quantitative estimate of drug-likeness (QED) is 0.848. The third kappa shape index (κ3) is 2.53. The van der Waals surface area contributed by atoms with Gasteiger partial charge < -0.3 is 10.6 Å². The third-order valence-corrected chi connectivity index (χ3v) is 2.75. The van der Waals surface area contributed by atoms with Gasteiger partial charge in [-0.3, -0.25) is 0 Å². The molecule has 4 nitrogen and oxygen atoms in total. The van der Waals surface area contributed by atoms with E-state index in [-0.39, 0.29) is 0 Å². The number of rotatable bonds is 3. The maximum absolute atomic E-state index is 4.32. The van der Waals surface area contributed by atoms with E-state index in [1.807, 2.05) is 18.2 Å². The van der Waals surface area contributed by atoms with E-state index in [9.17, 15) is 0 Å². The molecule has 0 amide bonds. The summed E-state index contributed by atoms with van der Waals surface area (Å²) in [6.45, 7) is 4.19. The zero-order valence-electron chi connectivity index (χ0n) is 10.3. The minimum Gasteiger partial charge on any atom is -0.357 e. The van der Waals surface area contributed by atoms with Crippen LogP contribution in [-0.4, -0.2) is 17.0 Å². The first-order valence-electron chi connectivity index (χ1n) is 5.55. The Hall–Kier alpha value is -2.10. The number of aromatic nitrogens is 2. The van der Waals surface area contributed by atoms with Crippen LogP contribution in [0.1, 0.15) is 11.1 Å². The van der Waals surface area contributed by atoms with Crippen LogP contribution >= 0.6 is 0 Å². The van der Waals surface area contributed by atoms with Gasteiger partial charge in [-0.1, -0.05) is 12.1 Å². The molecule has 4 heteroatoms. The summed E-state index contributed by atoms with van der Waals surface area (Å²) in [6, 6.07) is 8.02. The smallest absolute Gasteiger partial charge is 0.224 e. The van der Waals surface area contributed by atoms with Crippen molar-refractivity contribution in [2.24, 2.45) is 0 Å². The van der Waals surface area contributed by atoms with Crippen molar-refractivity contribution in [2.45, 2.75) is 13.8 Å². The first-order valence-corrected chi connectivity index (χ1v) is 5.55. The van der Waals surface area contributed by atoms with Gasteiger partial charge in [0, 0.05) is 18.9 Å². The van der Waals surface area contributed by atoms with Crippen LogP contribution in [0.15, 0.2) is 30.5 Å². The van der Waals surface area contributed by atoms with Crippen molar-refractivity contribution in [3.8, 4) is 0 Å². The van der Waals surface area contributed by atoms with Gasteiger partial charge in [0.05, 0.1) is 0 Å². The summed E-state index contributed by atoms with van der Waals surface area (Å²) in [4.78, 5) is 8.40. The molecule has 1 heterocycles. The Balaban J connectivity index is 2.28. The average Bonchev–Trinajstić information content (AvgIpc) is 2.35. The van der Waals surface area contributed by atoms with Crippen LogP contribution in [-0.2, 0) is 0 Å². The fourth-order valence-corrected chi connectivity index (χ4v) is 1.57. The van der Waals surface area contributed by atoms with Crippen LogP contribution < -0.4 is 10.6 Å². The van der Waals surface area contributed by atoms with Crippen molar-refractivity contribution < 1.29 is 0 Å². The Morgan fingerprint density at radius 3 is 2.71 bits per heavy atom. The second-order valence-electron chi connectivity index (χ2n) is 3.89. The fraction of sp³-hybridized carbons (Fsp3) is 0.231. The molecule has 2 aromatic rings. The Bertz CT molecular complexity index is 523. The first kappa shape index (κ1) is 11.4. The van der Waals surface area contributed by atoms with Gasteiger partial charge in [0.1, 0.15) is 5.82 Å². The molecule has 0 fully saturated rings. The molecule has 0 aliphatic rings. The summed E-state index contributed by atoms with van der Waals surface area (Å²) in [6.07, 6.45) is 1.73. The van der Waals surface area contributed by atoms with E-state index < -0.39 is 0 Å². The third-order valence-electron chi connectivity index (χ3n) is 2.75. The van der Waals surface area contributed by atoms with E-state index >= 15 is 0 Å². The minimum absolute atomic E-state index is 0.611. The van der Waals surface area contributed by atoms with Crippen molar-refractivity contribution >= 4 is 17.5 Å². The lowest BCUT2D eigenvalue weighted by atomic mass is 10.1. The van der Waals surface area contributed by atoms with Crippen molar-refractivity contribution in [3.05, 3.63) is 41.6 Å². The molecule has 0 unspecified atom stereocenters. The largest absolute Gasteiger partial charge is 0.357 e. The minimum atomic E-state index is 0.611. The standard InChI is InChI=1S/C13H16N4/c1-9-5-4-6-11(10(9)2)16-12-7-8-15-13(14-3)17-12/h4-8H,1-3H3,(H2,14,15,16,17). The first-order chi connectivity index (χ1) is 8.20. The highest BCUT2D eigenvalue weighted by atomic mass is 15.1. The number of anilines is 3. The Kier molecular flexibility index (Phi) is 3.23. The molecule has 0 aliphatic carbocycles. The maximum Gasteiger partial charge on any atom is 0.224 e. The van der Waals surface area contributed by atoms with E-state index in [2.05, 4.69) is 40.5 Å². The molecule has 0 saturated heterocycles. The van der Waals surface area contributed by atoms with Crippen molar-refractivity contribution in [1.82, 2.24) is 9.97 Å². The van der Waals surface area contributed by atoms with E-state index in [1.165, 1.54) is 11.1 Å². The highest BCUT2D eigenvalue weighted by Crippen LogP contribution is 2.21. The molecule has 0 spiro atoms. The predicted molar refractivity (Wildman–Crippen MR) is 70.8 cm³/mol. The molecule has 0 aliphatic heterocycles. The van der Waals surface area contributed by atoms with E-state index in [4.69, 9.17) is 0 Å². The summed E-state index contributed by atoms with van der Waals surface area (Å²) >= 11 is 0. The molecule has 0 radical (unpaired) electrons. The Labute approximate surface area is 101 Å². The highest BCUT2D eigenvalue weighted by Gasteiger charge is 2.02. The molecule has 1 aromatic carbocycles. The second kappa shape index (κ2) is 4.82. The van der Waals surface area contributed by atoms with Crippen LogP contribution in [0.2, 0.25) is 0 Å². The van der Waals surface area contributed by atoms with Gasteiger partial charge in [-0.2, -0.15) is 4.98 Å². The maximum atomic E-state index is 4.32. The highest BCUT2D eigenvalue weighted by molar-refractivity contribution is 5.62. The lowest BCUT2D eigenvalue weighted by Crippen LogP contribution is -2.01. The molecule has 0 bridgehead atoms. The van der Waals surface area contributed by atoms with Gasteiger partial charge in [0.15, 0.2) is 0 Å². The van der Waals surface area contributed by atoms with Crippen molar-refractivity contribution in [1.29, 1.82) is 0 Å². The predicted octanol–water partition coefficient (Wildman–Crippen LogP) is 2.88. The normalized spacial score (nSPS) is 10.1. The summed E-state index contributed by atoms with van der Waals surface area (Å²) in [5.41, 5.74) is 3.57. The van der Waals surface area contributed by atoms with Crippen molar-refractivity contribution in [3.63, 3.8) is 0 Å². The molecule has 0 atom stereocenters. The Morgan fingerprint density at radius 1 is 1.12 bits per heavy atom. The van der Waals surface area contributed by atoms with E-state index in [0.29, 0.717) is 5.95 Å². The van der Waals surface area contributed by atoms with Gasteiger partial charge in [-0.05, 0) is 37.1 Å². The SMILES string of the molecule is CNc1nccc(Nc2cccc(C)c2C)n1. The molecule has 17 heavy (non-hydrogen) atoms. The summed E-state index contributed by atoms with van der Waals surface area (Å²) in [5, 5.41) is 6.21. The average molecular weight is 228 g/mol. The van der Waals surface area contributed by atoms with Crippen LogP contribution in [0.25, 0.3) is 0 Å². The number of benzene rings is 1. The van der Waals surface area contributed by atoms with Crippen LogP contribution in [0.4, 0.5) is 17.5 Å². The van der Waals surface area contributed by atoms with Gasteiger partial charge in [0.25, 0.3) is 0 Å². The molecule has 2 rings (SSSR count). The molecular weight excluding hydrogens is 212 g/mol. The van der Waals surface area contributed by atoms with Crippen molar-refractivity contribution in [2.75, 3.05) is 17.7 Å². The molecule has 0 saturated carbocycles. The zero-order valence-corrected chi connectivity index (χ0v) is 10.3. The summed E-state index contributed by atoms with van der Waals surface area (Å²) < 4.78 is 0. The van der Waals surface area contributed by atoms with Gasteiger partial charge in [-0.15, -0.1) is 0 Å². The topological polar surface area (TPSA) is 49.8 Å². The number of hydrogen-bond acceptors (Lipinski definition) is 4. The van der Waals surface area contributed by atoms with E-state index in [0.717, 1.165) is 11.5 Å². The van der Waals surface area contributed by atoms with Crippen LogP contribution in [0, 0.1) is 13.8 Å². The fourth-order valence-electron chi connectivity index (χ4n) is 1.57.